The van der Waals surface area contributed by atoms with Gasteiger partial charge < -0.3 is 9.64 Å². The lowest BCUT2D eigenvalue weighted by Crippen LogP contribution is -2.28. The second-order valence-electron chi connectivity index (χ2n) is 5.38. The molecular formula is C15H20N2O3S2. The molecule has 0 bridgehead atoms. The van der Waals surface area contributed by atoms with Crippen molar-refractivity contribution in [3.8, 4) is 5.75 Å². The maximum absolute atomic E-state index is 11.6. The number of nitrogens with zero attached hydrogens (tertiary/aromatic N) is 2. The van der Waals surface area contributed by atoms with Crippen molar-refractivity contribution in [3.63, 3.8) is 0 Å². The Bertz CT molecular complexity index is 671. The lowest BCUT2D eigenvalue weighted by Gasteiger charge is -2.23. The van der Waals surface area contributed by atoms with Gasteiger partial charge >= 0.3 is 0 Å². The van der Waals surface area contributed by atoms with Crippen LogP contribution in [0.25, 0.3) is 0 Å². The van der Waals surface area contributed by atoms with E-state index in [1.54, 1.807) is 11.8 Å². The average molecular weight is 340 g/mol. The van der Waals surface area contributed by atoms with E-state index in [0.717, 1.165) is 23.1 Å². The molecule has 5 nitrogen and oxygen atoms in total. The van der Waals surface area contributed by atoms with Gasteiger partial charge in [-0.3, -0.25) is 4.99 Å². The van der Waals surface area contributed by atoms with Crippen LogP contribution in [-0.4, -0.2) is 49.5 Å². The number of hydrogen-bond donors (Lipinski definition) is 0. The number of benzene rings is 1. The Morgan fingerprint density at radius 1 is 1.27 bits per heavy atom. The number of thioether (sulfide) groups is 1. The molecule has 7 heteroatoms. The molecular weight excluding hydrogens is 320 g/mol. The van der Waals surface area contributed by atoms with Crippen LogP contribution < -0.4 is 9.64 Å². The van der Waals surface area contributed by atoms with E-state index < -0.39 is 9.84 Å². The summed E-state index contributed by atoms with van der Waals surface area (Å²) in [5.74, 6) is 1.29. The van der Waals surface area contributed by atoms with E-state index >= 15 is 0 Å². The van der Waals surface area contributed by atoms with Gasteiger partial charge in [0, 0.05) is 17.5 Å². The predicted molar refractivity (Wildman–Crippen MR) is 91.9 cm³/mol. The van der Waals surface area contributed by atoms with Crippen molar-refractivity contribution in [1.29, 1.82) is 0 Å². The highest BCUT2D eigenvalue weighted by molar-refractivity contribution is 8.15. The van der Waals surface area contributed by atoms with Crippen LogP contribution >= 0.6 is 11.8 Å². The second kappa shape index (κ2) is 6.12. The first-order valence-corrected chi connectivity index (χ1v) is 10.2. The Hall–Kier alpha value is -1.21. The second-order valence-corrected chi connectivity index (χ2v) is 8.74. The molecule has 22 heavy (non-hydrogen) atoms. The van der Waals surface area contributed by atoms with E-state index in [-0.39, 0.29) is 22.8 Å². The van der Waals surface area contributed by atoms with Crippen LogP contribution in [0.2, 0.25) is 0 Å². The number of hydrogen-bond acceptors (Lipinski definition) is 6. The summed E-state index contributed by atoms with van der Waals surface area (Å²) in [4.78, 5) is 6.78. The molecule has 120 valence electrons. The highest BCUT2D eigenvalue weighted by Crippen LogP contribution is 2.36. The maximum Gasteiger partial charge on any atom is 0.164 e. The summed E-state index contributed by atoms with van der Waals surface area (Å²) in [7, 11) is -2.90. The Balaban J connectivity index is 1.78. The van der Waals surface area contributed by atoms with Crippen LogP contribution in [0.4, 0.5) is 5.69 Å². The molecule has 0 amide bonds. The van der Waals surface area contributed by atoms with Crippen molar-refractivity contribution < 1.29 is 13.2 Å². The normalized spacial score (nSPS) is 25.6. The van der Waals surface area contributed by atoms with Gasteiger partial charge in [0.05, 0.1) is 24.2 Å². The smallest absolute Gasteiger partial charge is 0.164 e. The molecule has 2 aliphatic rings. The van der Waals surface area contributed by atoms with Gasteiger partial charge in [-0.25, -0.2) is 8.42 Å². The molecule has 0 aliphatic carbocycles. The van der Waals surface area contributed by atoms with Crippen LogP contribution in [0.3, 0.4) is 0 Å². The molecule has 2 heterocycles. The third kappa shape index (κ3) is 3.10. The largest absolute Gasteiger partial charge is 0.494 e. The van der Waals surface area contributed by atoms with Gasteiger partial charge in [-0.15, -0.1) is 0 Å². The van der Waals surface area contributed by atoms with Crippen LogP contribution in [-0.2, 0) is 9.84 Å². The molecule has 0 N–H and O–H groups in total. The van der Waals surface area contributed by atoms with Crippen LogP contribution in [0.1, 0.15) is 13.8 Å². The third-order valence-corrected chi connectivity index (χ3v) is 7.06. The molecule has 0 spiro atoms. The molecule has 1 saturated heterocycles. The Morgan fingerprint density at radius 3 is 2.59 bits per heavy atom. The number of anilines is 1. The lowest BCUT2D eigenvalue weighted by molar-refractivity contribution is 0.340. The Labute approximate surface area is 135 Å². The number of amidine groups is 1. The number of sulfone groups is 1. The minimum Gasteiger partial charge on any atom is -0.494 e. The van der Waals surface area contributed by atoms with Crippen molar-refractivity contribution in [2.75, 3.05) is 29.6 Å². The van der Waals surface area contributed by atoms with Gasteiger partial charge in [-0.2, -0.15) is 0 Å². The first kappa shape index (κ1) is 15.7. The number of rotatable bonds is 4. The van der Waals surface area contributed by atoms with E-state index in [1.165, 1.54) is 0 Å². The zero-order valence-electron chi connectivity index (χ0n) is 12.7. The average Bonchev–Trinajstić information content (AvgIpc) is 2.95. The van der Waals surface area contributed by atoms with E-state index in [1.807, 2.05) is 31.2 Å². The molecule has 0 unspecified atom stereocenters. The van der Waals surface area contributed by atoms with Crippen molar-refractivity contribution in [3.05, 3.63) is 24.3 Å². The van der Waals surface area contributed by atoms with Gasteiger partial charge in [-0.05, 0) is 38.1 Å². The van der Waals surface area contributed by atoms with E-state index in [4.69, 9.17) is 4.74 Å². The quantitative estimate of drug-likeness (QED) is 0.841. The zero-order valence-corrected chi connectivity index (χ0v) is 14.4. The fourth-order valence-electron chi connectivity index (χ4n) is 2.79. The van der Waals surface area contributed by atoms with Crippen molar-refractivity contribution in [2.45, 2.75) is 25.1 Å². The Kier molecular flexibility index (Phi) is 4.36. The number of fused-ring (bicyclic) bond motifs is 1. The number of aliphatic imine (C=N–C) groups is 1. The molecule has 0 saturated carbocycles. The molecule has 0 radical (unpaired) electrons. The van der Waals surface area contributed by atoms with Crippen LogP contribution in [0, 0.1) is 0 Å². The highest BCUT2D eigenvalue weighted by Gasteiger charge is 2.43. The van der Waals surface area contributed by atoms with Crippen LogP contribution in [0.15, 0.2) is 29.3 Å². The third-order valence-electron chi connectivity index (χ3n) is 3.81. The summed E-state index contributed by atoms with van der Waals surface area (Å²) in [6.45, 7) is 5.48. The molecule has 0 aromatic heterocycles. The zero-order chi connectivity index (χ0) is 15.7. The van der Waals surface area contributed by atoms with Gasteiger partial charge in [0.1, 0.15) is 5.75 Å². The predicted octanol–water partition coefficient (Wildman–Crippen LogP) is 2.18. The summed E-state index contributed by atoms with van der Waals surface area (Å²) in [6.07, 6.45) is 0. The minimum atomic E-state index is -2.90. The van der Waals surface area contributed by atoms with Crippen molar-refractivity contribution in [1.82, 2.24) is 0 Å². The van der Waals surface area contributed by atoms with E-state index in [2.05, 4.69) is 16.8 Å². The van der Waals surface area contributed by atoms with Crippen LogP contribution in [0.5, 0.6) is 5.75 Å². The molecule has 2 atom stereocenters. The summed E-state index contributed by atoms with van der Waals surface area (Å²) in [6, 6.07) is 7.85. The first-order valence-electron chi connectivity index (χ1n) is 7.47. The SMILES string of the molecule is CCOc1ccc(N(CC)C2=N[C@H]3CS(=O)(=O)C[C@@H]3S2)cc1. The summed E-state index contributed by atoms with van der Waals surface area (Å²) in [5.41, 5.74) is 1.06. The maximum atomic E-state index is 11.6. The lowest BCUT2D eigenvalue weighted by atomic mass is 10.2. The van der Waals surface area contributed by atoms with Gasteiger partial charge in [0.2, 0.25) is 0 Å². The summed E-state index contributed by atoms with van der Waals surface area (Å²) in [5, 5.41) is 1.01. The highest BCUT2D eigenvalue weighted by atomic mass is 32.2. The standard InChI is InChI=1S/C15H20N2O3S2/c1-3-17(11-5-7-12(8-6-11)20-4-2)15-16-13-9-22(18,19)10-14(13)21-15/h5-8,13-14H,3-4,9-10H2,1-2H3/t13-,14-/m0/s1. The number of ether oxygens (including phenoxy) is 1. The summed E-state index contributed by atoms with van der Waals surface area (Å²) < 4.78 is 28.8. The van der Waals surface area contributed by atoms with Gasteiger partial charge in [0.15, 0.2) is 15.0 Å². The van der Waals surface area contributed by atoms with Crippen molar-refractivity contribution in [2.24, 2.45) is 4.99 Å². The topological polar surface area (TPSA) is 59.0 Å². The monoisotopic (exact) mass is 340 g/mol. The van der Waals surface area contributed by atoms with Gasteiger partial charge in [-0.1, -0.05) is 11.8 Å². The molecule has 3 rings (SSSR count). The molecule has 2 aliphatic heterocycles. The van der Waals surface area contributed by atoms with E-state index in [0.29, 0.717) is 6.61 Å². The van der Waals surface area contributed by atoms with E-state index in [9.17, 15) is 8.42 Å². The van der Waals surface area contributed by atoms with Crippen molar-refractivity contribution >= 4 is 32.5 Å². The molecule has 1 fully saturated rings. The Morgan fingerprint density at radius 2 is 2.00 bits per heavy atom. The summed E-state index contributed by atoms with van der Waals surface area (Å²) >= 11 is 1.59. The van der Waals surface area contributed by atoms with Gasteiger partial charge in [0.25, 0.3) is 0 Å². The fraction of sp³-hybridized carbons (Fsp3) is 0.533. The fourth-order valence-corrected chi connectivity index (χ4v) is 6.63. The molecule has 1 aromatic rings. The minimum absolute atomic E-state index is 0.0803. The molecule has 1 aromatic carbocycles. The first-order chi connectivity index (χ1) is 10.5.